The van der Waals surface area contributed by atoms with E-state index in [-0.39, 0.29) is 6.10 Å². The molecular formula is C15H20N4O. The molecule has 106 valence electrons. The van der Waals surface area contributed by atoms with Crippen LogP contribution in [-0.4, -0.2) is 40.3 Å². The molecule has 0 amide bonds. The van der Waals surface area contributed by atoms with Crippen molar-refractivity contribution in [2.24, 2.45) is 0 Å². The summed E-state index contributed by atoms with van der Waals surface area (Å²) in [5, 5.41) is 0. The number of morpholine rings is 1. The van der Waals surface area contributed by atoms with E-state index in [0.717, 1.165) is 38.4 Å². The fraction of sp³-hybridized carbons (Fsp3) is 0.467. The van der Waals surface area contributed by atoms with Crippen LogP contribution >= 0.6 is 0 Å². The van der Waals surface area contributed by atoms with Gasteiger partial charge in [-0.3, -0.25) is 4.98 Å². The van der Waals surface area contributed by atoms with Gasteiger partial charge in [0.15, 0.2) is 0 Å². The van der Waals surface area contributed by atoms with Crippen LogP contribution in [0.15, 0.2) is 37.1 Å². The summed E-state index contributed by atoms with van der Waals surface area (Å²) in [5.41, 5.74) is 2.32. The highest BCUT2D eigenvalue weighted by molar-refractivity contribution is 5.45. The maximum Gasteiger partial charge on any atom is 0.0946 e. The summed E-state index contributed by atoms with van der Waals surface area (Å²) in [7, 11) is 0. The quantitative estimate of drug-likeness (QED) is 0.850. The van der Waals surface area contributed by atoms with Gasteiger partial charge in [0, 0.05) is 31.2 Å². The van der Waals surface area contributed by atoms with Gasteiger partial charge >= 0.3 is 0 Å². The normalized spacial score (nSPS) is 19.2. The third-order valence-electron chi connectivity index (χ3n) is 3.65. The zero-order valence-corrected chi connectivity index (χ0v) is 11.8. The van der Waals surface area contributed by atoms with E-state index in [1.807, 2.05) is 18.7 Å². The van der Waals surface area contributed by atoms with E-state index in [1.54, 1.807) is 6.20 Å². The molecule has 0 aliphatic carbocycles. The zero-order chi connectivity index (χ0) is 13.8. The van der Waals surface area contributed by atoms with Crippen LogP contribution in [0.4, 0.5) is 5.69 Å². The second-order valence-electron chi connectivity index (χ2n) is 5.06. The largest absolute Gasteiger partial charge is 0.373 e. The van der Waals surface area contributed by atoms with Crippen molar-refractivity contribution < 1.29 is 4.74 Å². The number of hydrogen-bond acceptors (Lipinski definition) is 4. The molecule has 1 fully saturated rings. The number of imidazole rings is 1. The Morgan fingerprint density at radius 2 is 2.35 bits per heavy atom. The van der Waals surface area contributed by atoms with Crippen LogP contribution in [0.1, 0.15) is 12.6 Å². The molecule has 5 heteroatoms. The maximum absolute atomic E-state index is 5.84. The lowest BCUT2D eigenvalue weighted by Gasteiger charge is -2.34. The average molecular weight is 272 g/mol. The summed E-state index contributed by atoms with van der Waals surface area (Å²) in [5.74, 6) is 0. The molecule has 3 rings (SSSR count). The van der Waals surface area contributed by atoms with Gasteiger partial charge in [0.25, 0.3) is 0 Å². The minimum atomic E-state index is 0.198. The van der Waals surface area contributed by atoms with Crippen LogP contribution in [0.25, 0.3) is 0 Å². The molecule has 20 heavy (non-hydrogen) atoms. The molecule has 1 aliphatic heterocycles. The van der Waals surface area contributed by atoms with Crippen LogP contribution in [0.2, 0.25) is 0 Å². The first-order valence-electron chi connectivity index (χ1n) is 7.12. The van der Waals surface area contributed by atoms with Gasteiger partial charge < -0.3 is 14.2 Å². The molecule has 2 aromatic heterocycles. The number of rotatable bonds is 4. The van der Waals surface area contributed by atoms with Gasteiger partial charge in [0.2, 0.25) is 0 Å². The molecule has 0 bridgehead atoms. The molecule has 0 saturated carbocycles. The highest BCUT2D eigenvalue weighted by atomic mass is 16.5. The van der Waals surface area contributed by atoms with Crippen molar-refractivity contribution in [2.75, 3.05) is 24.6 Å². The van der Waals surface area contributed by atoms with Gasteiger partial charge in [-0.15, -0.1) is 0 Å². The highest BCUT2D eigenvalue weighted by Crippen LogP contribution is 2.18. The Labute approximate surface area is 119 Å². The van der Waals surface area contributed by atoms with Crippen molar-refractivity contribution in [3.05, 3.63) is 42.7 Å². The zero-order valence-electron chi connectivity index (χ0n) is 11.8. The minimum Gasteiger partial charge on any atom is -0.373 e. The molecule has 0 unspecified atom stereocenters. The van der Waals surface area contributed by atoms with Crippen LogP contribution in [0.5, 0.6) is 0 Å². The molecule has 3 heterocycles. The number of anilines is 1. The van der Waals surface area contributed by atoms with E-state index in [1.165, 1.54) is 5.69 Å². The SMILES string of the molecule is CCc1ccc(N2CCO[C@H](Cn3ccnc3)C2)cn1. The lowest BCUT2D eigenvalue weighted by molar-refractivity contribution is 0.0296. The smallest absolute Gasteiger partial charge is 0.0946 e. The summed E-state index contributed by atoms with van der Waals surface area (Å²) in [6, 6.07) is 4.26. The van der Waals surface area contributed by atoms with Crippen molar-refractivity contribution in [3.8, 4) is 0 Å². The van der Waals surface area contributed by atoms with Crippen LogP contribution in [0.3, 0.4) is 0 Å². The third kappa shape index (κ3) is 2.99. The van der Waals surface area contributed by atoms with E-state index >= 15 is 0 Å². The summed E-state index contributed by atoms with van der Waals surface area (Å²) in [6.45, 7) is 5.54. The summed E-state index contributed by atoms with van der Waals surface area (Å²) in [6.07, 6.45) is 8.75. The first kappa shape index (κ1) is 13.1. The van der Waals surface area contributed by atoms with E-state index in [2.05, 4.69) is 38.5 Å². The topological polar surface area (TPSA) is 43.2 Å². The Morgan fingerprint density at radius 3 is 3.05 bits per heavy atom. The standard InChI is InChI=1S/C15H20N4O/c1-2-13-3-4-14(9-17-13)19-7-8-20-15(11-19)10-18-6-5-16-12-18/h3-6,9,12,15H,2,7-8,10-11H2,1H3/t15-/m1/s1. The molecule has 1 saturated heterocycles. The molecule has 2 aromatic rings. The summed E-state index contributed by atoms with van der Waals surface area (Å²) >= 11 is 0. The van der Waals surface area contributed by atoms with Gasteiger partial charge in [-0.05, 0) is 18.6 Å². The van der Waals surface area contributed by atoms with Crippen molar-refractivity contribution >= 4 is 5.69 Å². The van der Waals surface area contributed by atoms with Gasteiger partial charge in [0.1, 0.15) is 0 Å². The number of hydrogen-bond donors (Lipinski definition) is 0. The van der Waals surface area contributed by atoms with Gasteiger partial charge in [-0.2, -0.15) is 0 Å². The maximum atomic E-state index is 5.84. The van der Waals surface area contributed by atoms with Crippen LogP contribution in [0, 0.1) is 0 Å². The number of aromatic nitrogens is 3. The highest BCUT2D eigenvalue weighted by Gasteiger charge is 2.21. The minimum absolute atomic E-state index is 0.198. The van der Waals surface area contributed by atoms with E-state index in [0.29, 0.717) is 0 Å². The second-order valence-corrected chi connectivity index (χ2v) is 5.06. The second kappa shape index (κ2) is 6.05. The summed E-state index contributed by atoms with van der Waals surface area (Å²) < 4.78 is 7.90. The molecule has 1 aliphatic rings. The average Bonchev–Trinajstić information content (AvgIpc) is 3.01. The van der Waals surface area contributed by atoms with E-state index in [4.69, 9.17) is 4.74 Å². The van der Waals surface area contributed by atoms with E-state index < -0.39 is 0 Å². The number of pyridine rings is 1. The first-order valence-corrected chi connectivity index (χ1v) is 7.12. The molecule has 0 N–H and O–H groups in total. The van der Waals surface area contributed by atoms with Crippen molar-refractivity contribution in [3.63, 3.8) is 0 Å². The molecule has 5 nitrogen and oxygen atoms in total. The first-order chi connectivity index (χ1) is 9.85. The predicted molar refractivity (Wildman–Crippen MR) is 77.8 cm³/mol. The fourth-order valence-corrected chi connectivity index (χ4v) is 2.51. The Kier molecular flexibility index (Phi) is 3.97. The third-order valence-corrected chi connectivity index (χ3v) is 3.65. The lowest BCUT2D eigenvalue weighted by atomic mass is 10.2. The Balaban J connectivity index is 1.64. The molecule has 1 atom stereocenters. The summed E-state index contributed by atoms with van der Waals surface area (Å²) in [4.78, 5) is 10.9. The van der Waals surface area contributed by atoms with Gasteiger partial charge in [-0.1, -0.05) is 6.92 Å². The van der Waals surface area contributed by atoms with Crippen molar-refractivity contribution in [1.82, 2.24) is 14.5 Å². The van der Waals surface area contributed by atoms with Crippen LogP contribution < -0.4 is 4.90 Å². The van der Waals surface area contributed by atoms with Crippen molar-refractivity contribution in [1.29, 1.82) is 0 Å². The van der Waals surface area contributed by atoms with Gasteiger partial charge in [-0.25, -0.2) is 4.98 Å². The Bertz CT molecular complexity index is 523. The Morgan fingerprint density at radius 1 is 1.40 bits per heavy atom. The molecule has 0 aromatic carbocycles. The fourth-order valence-electron chi connectivity index (χ4n) is 2.51. The number of aryl methyl sites for hydroxylation is 1. The molecular weight excluding hydrogens is 252 g/mol. The Hall–Kier alpha value is -1.88. The van der Waals surface area contributed by atoms with Crippen LogP contribution in [-0.2, 0) is 17.7 Å². The number of ether oxygens (including phenoxy) is 1. The molecule has 0 radical (unpaired) electrons. The monoisotopic (exact) mass is 272 g/mol. The van der Waals surface area contributed by atoms with Gasteiger partial charge in [0.05, 0.1) is 37.5 Å². The number of nitrogens with zero attached hydrogens (tertiary/aromatic N) is 4. The van der Waals surface area contributed by atoms with Crippen molar-refractivity contribution in [2.45, 2.75) is 26.0 Å². The van der Waals surface area contributed by atoms with E-state index in [9.17, 15) is 0 Å². The predicted octanol–water partition coefficient (Wildman–Crippen LogP) is 1.75. The lowest BCUT2D eigenvalue weighted by Crippen LogP contribution is -2.44. The molecule has 0 spiro atoms.